The fourth-order valence-corrected chi connectivity index (χ4v) is 6.23. The second-order valence-corrected chi connectivity index (χ2v) is 9.83. The van der Waals surface area contributed by atoms with Crippen LogP contribution in [-0.4, -0.2) is 28.2 Å². The van der Waals surface area contributed by atoms with Crippen LogP contribution in [0, 0.1) is 5.92 Å². The van der Waals surface area contributed by atoms with Crippen molar-refractivity contribution in [1.29, 1.82) is 0 Å². The molecule has 1 amide bonds. The van der Waals surface area contributed by atoms with Crippen LogP contribution in [0.5, 0.6) is 5.75 Å². The average Bonchev–Trinajstić information content (AvgIpc) is 3.61. The van der Waals surface area contributed by atoms with Crippen molar-refractivity contribution >= 4 is 22.4 Å². The molecule has 172 valence electrons. The minimum atomic E-state index is -0.0616. The third-order valence-electron chi connectivity index (χ3n) is 7.04. The van der Waals surface area contributed by atoms with Crippen molar-refractivity contribution in [3.8, 4) is 28.3 Å². The number of ether oxygens (including phenoxy) is 1. The van der Waals surface area contributed by atoms with Crippen LogP contribution in [0.1, 0.15) is 54.2 Å². The highest BCUT2D eigenvalue weighted by Gasteiger charge is 2.47. The number of anilines is 1. The van der Waals surface area contributed by atoms with Gasteiger partial charge in [0.05, 0.1) is 24.5 Å². The number of carbonyl (C=O) groups excluding carboxylic acids is 1. The fourth-order valence-electron chi connectivity index (χ4n) is 5.37. The Morgan fingerprint density at radius 3 is 2.50 bits per heavy atom. The van der Waals surface area contributed by atoms with Gasteiger partial charge in [-0.2, -0.15) is 5.10 Å². The second kappa shape index (κ2) is 8.72. The van der Waals surface area contributed by atoms with Crippen LogP contribution in [0.15, 0.2) is 60.0 Å². The first-order valence-corrected chi connectivity index (χ1v) is 12.7. The number of aromatic nitrogens is 3. The first kappa shape index (κ1) is 21.1. The van der Waals surface area contributed by atoms with Gasteiger partial charge in [0, 0.05) is 22.1 Å². The Kier molecular flexibility index (Phi) is 5.41. The van der Waals surface area contributed by atoms with Gasteiger partial charge in [-0.05, 0) is 43.0 Å². The SMILES string of the molecule is COc1ccc(-c2n[nH]c3c2C(C2CCCCC2)N(c2nc(-c4ccccc4)cs2)C3=O)cc1. The normalized spacial score (nSPS) is 18.3. The molecular formula is C27H26N4O2S. The standard InChI is InChI=1S/C27H26N4O2S/c1-33-20-14-12-18(13-15-20)23-22-24(30-29-23)26(32)31(25(22)19-10-6-3-7-11-19)27-28-21(16-34-27)17-8-4-2-5-9-17/h2,4-5,8-9,12-16,19,25H,3,6-7,10-11H2,1H3,(H,29,30). The molecule has 0 bridgehead atoms. The van der Waals surface area contributed by atoms with Gasteiger partial charge in [0.15, 0.2) is 5.13 Å². The molecule has 1 N–H and O–H groups in total. The third-order valence-corrected chi connectivity index (χ3v) is 7.88. The van der Waals surface area contributed by atoms with Gasteiger partial charge in [0.1, 0.15) is 11.4 Å². The van der Waals surface area contributed by atoms with Crippen LogP contribution < -0.4 is 9.64 Å². The van der Waals surface area contributed by atoms with Crippen molar-refractivity contribution in [2.24, 2.45) is 5.92 Å². The number of rotatable bonds is 5. The summed E-state index contributed by atoms with van der Waals surface area (Å²) in [5.74, 6) is 1.15. The number of methoxy groups -OCH3 is 1. The molecule has 1 saturated carbocycles. The van der Waals surface area contributed by atoms with E-state index in [4.69, 9.17) is 9.72 Å². The number of carbonyl (C=O) groups is 1. The Hall–Kier alpha value is -3.45. The second-order valence-electron chi connectivity index (χ2n) is 8.99. The summed E-state index contributed by atoms with van der Waals surface area (Å²) in [6.45, 7) is 0. The first-order chi connectivity index (χ1) is 16.7. The molecule has 2 aromatic heterocycles. The maximum Gasteiger partial charge on any atom is 0.279 e. The Balaban J connectivity index is 1.44. The number of fused-ring (bicyclic) bond motifs is 1. The van der Waals surface area contributed by atoms with E-state index in [9.17, 15) is 4.79 Å². The summed E-state index contributed by atoms with van der Waals surface area (Å²) in [6, 6.07) is 18.0. The molecule has 1 aliphatic carbocycles. The molecule has 1 unspecified atom stereocenters. The highest BCUT2D eigenvalue weighted by atomic mass is 32.1. The number of hydrogen-bond acceptors (Lipinski definition) is 5. The van der Waals surface area contributed by atoms with Gasteiger partial charge in [0.25, 0.3) is 5.91 Å². The van der Waals surface area contributed by atoms with Gasteiger partial charge in [-0.3, -0.25) is 14.8 Å². The van der Waals surface area contributed by atoms with Crippen molar-refractivity contribution in [2.75, 3.05) is 12.0 Å². The van der Waals surface area contributed by atoms with Crippen molar-refractivity contribution in [3.05, 3.63) is 71.2 Å². The Bertz CT molecular complexity index is 1310. The Morgan fingerprint density at radius 1 is 1.00 bits per heavy atom. The number of hydrogen-bond donors (Lipinski definition) is 1. The van der Waals surface area contributed by atoms with Gasteiger partial charge < -0.3 is 4.74 Å². The summed E-state index contributed by atoms with van der Waals surface area (Å²) in [5, 5.41) is 10.5. The zero-order valence-electron chi connectivity index (χ0n) is 19.0. The lowest BCUT2D eigenvalue weighted by molar-refractivity contribution is 0.0977. The summed E-state index contributed by atoms with van der Waals surface area (Å²) in [7, 11) is 1.66. The van der Waals surface area contributed by atoms with Crippen molar-refractivity contribution in [3.63, 3.8) is 0 Å². The molecule has 0 saturated heterocycles. The number of thiazole rings is 1. The number of amides is 1. The van der Waals surface area contributed by atoms with Crippen molar-refractivity contribution in [1.82, 2.24) is 15.2 Å². The van der Waals surface area contributed by atoms with E-state index in [2.05, 4.69) is 22.3 Å². The molecule has 0 spiro atoms. The molecule has 0 radical (unpaired) electrons. The molecule has 1 aliphatic heterocycles. The number of benzene rings is 2. The summed E-state index contributed by atoms with van der Waals surface area (Å²) in [6.07, 6.45) is 5.87. The minimum absolute atomic E-state index is 0.0354. The van der Waals surface area contributed by atoms with E-state index >= 15 is 0 Å². The van der Waals surface area contributed by atoms with E-state index in [1.165, 1.54) is 30.6 Å². The Labute approximate surface area is 202 Å². The maximum absolute atomic E-state index is 13.7. The molecule has 3 heterocycles. The topological polar surface area (TPSA) is 71.1 Å². The van der Waals surface area contributed by atoms with Gasteiger partial charge in [-0.25, -0.2) is 4.98 Å². The molecule has 7 heteroatoms. The molecular weight excluding hydrogens is 444 g/mol. The van der Waals surface area contributed by atoms with E-state index < -0.39 is 0 Å². The monoisotopic (exact) mass is 470 g/mol. The average molecular weight is 471 g/mol. The van der Waals surface area contributed by atoms with Gasteiger partial charge in [0.2, 0.25) is 0 Å². The third kappa shape index (κ3) is 3.51. The van der Waals surface area contributed by atoms with E-state index in [0.29, 0.717) is 11.6 Å². The summed E-state index contributed by atoms with van der Waals surface area (Å²) in [4.78, 5) is 20.6. The van der Waals surface area contributed by atoms with Crippen LogP contribution >= 0.6 is 11.3 Å². The highest BCUT2D eigenvalue weighted by Crippen LogP contribution is 2.49. The number of nitrogens with one attached hydrogen (secondary N) is 1. The molecule has 4 aromatic rings. The number of aromatic amines is 1. The number of nitrogens with zero attached hydrogens (tertiary/aromatic N) is 3. The molecule has 1 fully saturated rings. The van der Waals surface area contributed by atoms with Gasteiger partial charge in [-0.15, -0.1) is 11.3 Å². The first-order valence-electron chi connectivity index (χ1n) is 11.8. The molecule has 34 heavy (non-hydrogen) atoms. The van der Waals surface area contributed by atoms with Gasteiger partial charge >= 0.3 is 0 Å². The summed E-state index contributed by atoms with van der Waals surface area (Å²) >= 11 is 1.54. The maximum atomic E-state index is 13.7. The molecule has 1 atom stereocenters. The molecule has 2 aliphatic rings. The van der Waals surface area contributed by atoms with Crippen LogP contribution in [0.3, 0.4) is 0 Å². The molecule has 6 nitrogen and oxygen atoms in total. The lowest BCUT2D eigenvalue weighted by atomic mass is 9.81. The van der Waals surface area contributed by atoms with Gasteiger partial charge in [-0.1, -0.05) is 49.6 Å². The van der Waals surface area contributed by atoms with E-state index in [1.807, 2.05) is 52.7 Å². The minimum Gasteiger partial charge on any atom is -0.497 e. The molecule has 2 aromatic carbocycles. The smallest absolute Gasteiger partial charge is 0.279 e. The fraction of sp³-hybridized carbons (Fsp3) is 0.296. The quantitative estimate of drug-likeness (QED) is 0.362. The zero-order valence-corrected chi connectivity index (χ0v) is 19.8. The Morgan fingerprint density at radius 2 is 1.76 bits per heavy atom. The van der Waals surface area contributed by atoms with Crippen LogP contribution in [-0.2, 0) is 0 Å². The predicted molar refractivity (Wildman–Crippen MR) is 134 cm³/mol. The lowest BCUT2D eigenvalue weighted by Gasteiger charge is -2.33. The molecule has 6 rings (SSSR count). The highest BCUT2D eigenvalue weighted by molar-refractivity contribution is 7.14. The van der Waals surface area contributed by atoms with Crippen molar-refractivity contribution in [2.45, 2.75) is 38.1 Å². The summed E-state index contributed by atoms with van der Waals surface area (Å²) < 4.78 is 5.33. The largest absolute Gasteiger partial charge is 0.497 e. The lowest BCUT2D eigenvalue weighted by Crippen LogP contribution is -2.33. The van der Waals surface area contributed by atoms with E-state index in [0.717, 1.165) is 51.8 Å². The number of H-pyrrole nitrogens is 1. The van der Waals surface area contributed by atoms with Crippen LogP contribution in [0.4, 0.5) is 5.13 Å². The van der Waals surface area contributed by atoms with Crippen LogP contribution in [0.25, 0.3) is 22.5 Å². The van der Waals surface area contributed by atoms with Crippen LogP contribution in [0.2, 0.25) is 0 Å². The predicted octanol–water partition coefficient (Wildman–Crippen LogP) is 6.49. The summed E-state index contributed by atoms with van der Waals surface area (Å²) in [5.41, 5.74) is 5.41. The zero-order chi connectivity index (χ0) is 23.1. The van der Waals surface area contributed by atoms with E-state index in [-0.39, 0.29) is 11.9 Å². The van der Waals surface area contributed by atoms with Crippen molar-refractivity contribution < 1.29 is 9.53 Å². The van der Waals surface area contributed by atoms with E-state index in [1.54, 1.807) is 7.11 Å².